The van der Waals surface area contributed by atoms with Crippen molar-refractivity contribution >= 4 is 16.0 Å². The van der Waals surface area contributed by atoms with E-state index in [4.69, 9.17) is 5.14 Å². The Morgan fingerprint density at radius 2 is 1.94 bits per heavy atom. The predicted molar refractivity (Wildman–Crippen MR) is 58.8 cm³/mol. The van der Waals surface area contributed by atoms with Crippen LogP contribution in [0.15, 0.2) is 17.0 Å². The number of primary sulfonamides is 1. The van der Waals surface area contributed by atoms with Crippen LogP contribution in [-0.2, 0) is 14.8 Å². The second kappa shape index (κ2) is 4.99. The lowest BCUT2D eigenvalue weighted by Crippen LogP contribution is -2.19. The number of ether oxygens (including phenoxy) is 1. The molecule has 0 saturated carbocycles. The van der Waals surface area contributed by atoms with Crippen molar-refractivity contribution in [2.45, 2.75) is 18.2 Å². The predicted octanol–water partition coefficient (Wildman–Crippen LogP) is 1.37. The monoisotopic (exact) mass is 279 g/mol. The Labute approximate surface area is 103 Å². The molecule has 0 unspecified atom stereocenters. The molecule has 0 aliphatic rings. The summed E-state index contributed by atoms with van der Waals surface area (Å²) in [6.07, 6.45) is -3.16. The third-order valence-corrected chi connectivity index (χ3v) is 3.41. The summed E-state index contributed by atoms with van der Waals surface area (Å²) in [4.78, 5) is 10.6. The summed E-state index contributed by atoms with van der Waals surface area (Å²) < 4.78 is 52.9. The maximum Gasteiger partial charge on any atom is 0.338 e. The fourth-order valence-electron chi connectivity index (χ4n) is 1.59. The Morgan fingerprint density at radius 1 is 1.39 bits per heavy atom. The van der Waals surface area contributed by atoms with Crippen molar-refractivity contribution in [3.8, 4) is 0 Å². The van der Waals surface area contributed by atoms with Gasteiger partial charge in [0.25, 0.3) is 6.43 Å². The molecule has 1 aromatic rings. The molecule has 0 aromatic heterocycles. The molecular formula is C10H11F2NO4S. The van der Waals surface area contributed by atoms with Gasteiger partial charge in [0.05, 0.1) is 23.1 Å². The first kappa shape index (κ1) is 14.5. The lowest BCUT2D eigenvalue weighted by atomic mass is 10.0. The van der Waals surface area contributed by atoms with Crippen LogP contribution in [0.25, 0.3) is 0 Å². The van der Waals surface area contributed by atoms with Crippen molar-refractivity contribution in [2.75, 3.05) is 7.11 Å². The summed E-state index contributed by atoms with van der Waals surface area (Å²) in [5.74, 6) is -1.05. The highest BCUT2D eigenvalue weighted by Crippen LogP contribution is 2.32. The van der Waals surface area contributed by atoms with Crippen molar-refractivity contribution in [3.05, 3.63) is 28.8 Å². The Hall–Kier alpha value is -1.54. The molecule has 2 N–H and O–H groups in total. The Balaban J connectivity index is 3.75. The van der Waals surface area contributed by atoms with E-state index in [9.17, 15) is 22.0 Å². The number of benzene rings is 1. The number of hydrogen-bond donors (Lipinski definition) is 1. The summed E-state index contributed by atoms with van der Waals surface area (Å²) in [7, 11) is -3.35. The molecule has 0 aliphatic heterocycles. The van der Waals surface area contributed by atoms with Gasteiger partial charge in [0.15, 0.2) is 0 Å². The molecule has 0 bridgehead atoms. The molecular weight excluding hydrogens is 268 g/mol. The highest BCUT2D eigenvalue weighted by atomic mass is 32.2. The topological polar surface area (TPSA) is 86.5 Å². The Kier molecular flexibility index (Phi) is 4.02. The van der Waals surface area contributed by atoms with Gasteiger partial charge in [0.1, 0.15) is 0 Å². The van der Waals surface area contributed by atoms with Crippen LogP contribution in [0.3, 0.4) is 0 Å². The average Bonchev–Trinajstić information content (AvgIpc) is 2.25. The van der Waals surface area contributed by atoms with Crippen molar-refractivity contribution in [3.63, 3.8) is 0 Å². The maximum atomic E-state index is 13.0. The number of hydrogen-bond acceptors (Lipinski definition) is 4. The minimum atomic E-state index is -4.36. The van der Waals surface area contributed by atoms with E-state index in [1.165, 1.54) is 13.0 Å². The molecule has 0 radical (unpaired) electrons. The molecule has 1 aromatic carbocycles. The lowest BCUT2D eigenvalue weighted by Gasteiger charge is -2.13. The average molecular weight is 279 g/mol. The maximum absolute atomic E-state index is 13.0. The Morgan fingerprint density at radius 3 is 2.33 bits per heavy atom. The van der Waals surface area contributed by atoms with Crippen LogP contribution in [0.1, 0.15) is 27.9 Å². The number of halogens is 2. The van der Waals surface area contributed by atoms with Gasteiger partial charge in [-0.3, -0.25) is 0 Å². The summed E-state index contributed by atoms with van der Waals surface area (Å²) in [6.45, 7) is 1.31. The van der Waals surface area contributed by atoms with Crippen LogP contribution in [0.4, 0.5) is 8.78 Å². The van der Waals surface area contributed by atoms with Crippen LogP contribution in [0.2, 0.25) is 0 Å². The molecule has 0 spiro atoms. The fourth-order valence-corrected chi connectivity index (χ4v) is 2.61. The third-order valence-electron chi connectivity index (χ3n) is 2.30. The van der Waals surface area contributed by atoms with E-state index in [1.807, 2.05) is 0 Å². The molecule has 5 nitrogen and oxygen atoms in total. The SMILES string of the molecule is COC(=O)c1ccc(C)c(S(N)(=O)=O)c1C(F)F. The first-order valence-corrected chi connectivity index (χ1v) is 6.27. The smallest absolute Gasteiger partial charge is 0.338 e. The zero-order valence-corrected chi connectivity index (χ0v) is 10.4. The zero-order valence-electron chi connectivity index (χ0n) is 9.61. The lowest BCUT2D eigenvalue weighted by molar-refractivity contribution is 0.0588. The van der Waals surface area contributed by atoms with Gasteiger partial charge in [-0.25, -0.2) is 27.1 Å². The van der Waals surface area contributed by atoms with Gasteiger partial charge >= 0.3 is 5.97 Å². The summed E-state index contributed by atoms with van der Waals surface area (Å²) in [5.41, 5.74) is -1.40. The van der Waals surface area contributed by atoms with Crippen LogP contribution in [-0.4, -0.2) is 21.5 Å². The molecule has 0 amide bonds. The van der Waals surface area contributed by atoms with Crippen LogP contribution in [0, 0.1) is 6.92 Å². The van der Waals surface area contributed by atoms with E-state index in [2.05, 4.69) is 4.74 Å². The second-order valence-corrected chi connectivity index (χ2v) is 5.01. The number of sulfonamides is 1. The van der Waals surface area contributed by atoms with Crippen LogP contribution < -0.4 is 5.14 Å². The molecule has 0 aliphatic carbocycles. The van der Waals surface area contributed by atoms with Gasteiger partial charge in [0.2, 0.25) is 10.0 Å². The van der Waals surface area contributed by atoms with Crippen LogP contribution >= 0.6 is 0 Å². The number of esters is 1. The van der Waals surface area contributed by atoms with Gasteiger partial charge < -0.3 is 4.74 Å². The quantitative estimate of drug-likeness (QED) is 0.846. The van der Waals surface area contributed by atoms with Crippen molar-refractivity contribution < 1.29 is 26.7 Å². The third kappa shape index (κ3) is 2.65. The second-order valence-electron chi connectivity index (χ2n) is 3.51. The van der Waals surface area contributed by atoms with Gasteiger partial charge in [-0.1, -0.05) is 6.07 Å². The van der Waals surface area contributed by atoms with E-state index in [-0.39, 0.29) is 5.56 Å². The van der Waals surface area contributed by atoms with Crippen molar-refractivity contribution in [1.82, 2.24) is 0 Å². The largest absolute Gasteiger partial charge is 0.465 e. The zero-order chi connectivity index (χ0) is 14.1. The molecule has 18 heavy (non-hydrogen) atoms. The highest BCUT2D eigenvalue weighted by Gasteiger charge is 2.29. The van der Waals surface area contributed by atoms with E-state index >= 15 is 0 Å². The molecule has 0 heterocycles. The summed E-state index contributed by atoms with van der Waals surface area (Å²) in [6, 6.07) is 2.30. The number of carbonyl (C=O) groups is 1. The van der Waals surface area contributed by atoms with Gasteiger partial charge in [-0.2, -0.15) is 0 Å². The van der Waals surface area contributed by atoms with E-state index in [0.717, 1.165) is 13.2 Å². The number of nitrogens with two attached hydrogens (primary N) is 1. The number of methoxy groups -OCH3 is 1. The van der Waals surface area contributed by atoms with Gasteiger partial charge in [-0.05, 0) is 18.6 Å². The summed E-state index contributed by atoms with van der Waals surface area (Å²) >= 11 is 0. The van der Waals surface area contributed by atoms with Gasteiger partial charge in [-0.15, -0.1) is 0 Å². The normalized spacial score (nSPS) is 11.7. The van der Waals surface area contributed by atoms with E-state index in [1.54, 1.807) is 0 Å². The van der Waals surface area contributed by atoms with E-state index in [0.29, 0.717) is 0 Å². The standard InChI is InChI=1S/C10H11F2NO4S/c1-5-3-4-6(10(14)17-2)7(9(11)12)8(5)18(13,15)16/h3-4,9H,1-2H3,(H2,13,15,16). The van der Waals surface area contributed by atoms with Crippen molar-refractivity contribution in [1.29, 1.82) is 0 Å². The minimum absolute atomic E-state index is 0.0421. The molecule has 0 atom stereocenters. The highest BCUT2D eigenvalue weighted by molar-refractivity contribution is 7.89. The molecule has 0 fully saturated rings. The molecule has 8 heteroatoms. The first-order valence-electron chi connectivity index (χ1n) is 4.73. The first-order chi connectivity index (χ1) is 8.20. The van der Waals surface area contributed by atoms with Crippen LogP contribution in [0.5, 0.6) is 0 Å². The molecule has 100 valence electrons. The minimum Gasteiger partial charge on any atom is -0.465 e. The van der Waals surface area contributed by atoms with Crippen molar-refractivity contribution in [2.24, 2.45) is 5.14 Å². The number of alkyl halides is 2. The molecule has 0 saturated heterocycles. The fraction of sp³-hybridized carbons (Fsp3) is 0.300. The number of rotatable bonds is 3. The van der Waals surface area contributed by atoms with Gasteiger partial charge in [0, 0.05) is 0 Å². The number of carbonyl (C=O) groups excluding carboxylic acids is 1. The summed E-state index contributed by atoms with van der Waals surface area (Å²) in [5, 5.41) is 4.89. The Bertz CT molecular complexity index is 584. The molecule has 1 rings (SSSR count). The van der Waals surface area contributed by atoms with E-state index < -0.39 is 38.4 Å². The number of aryl methyl sites for hydroxylation is 1.